The van der Waals surface area contributed by atoms with E-state index < -0.39 is 14.2 Å². The smallest absolute Gasteiger partial charge is 0.140 e. The normalized spacial score (nSPS) is 15.8. The van der Waals surface area contributed by atoms with E-state index in [-0.39, 0.29) is 16.4 Å². The van der Waals surface area contributed by atoms with Gasteiger partial charge < -0.3 is 5.11 Å². The van der Waals surface area contributed by atoms with Crippen molar-refractivity contribution < 1.29 is 9.90 Å². The number of aliphatic hydroxyl groups excluding tert-OH is 1. The monoisotopic (exact) mass is 292 g/mol. The summed E-state index contributed by atoms with van der Waals surface area (Å²) in [4.78, 5) is 12.7. The van der Waals surface area contributed by atoms with Crippen LogP contribution in [0.1, 0.15) is 33.3 Å². The van der Waals surface area contributed by atoms with Gasteiger partial charge in [0.2, 0.25) is 0 Å². The minimum atomic E-state index is -1.91. The van der Waals surface area contributed by atoms with Gasteiger partial charge in [0.05, 0.1) is 14.2 Å². The molecule has 1 N–H and O–H groups in total. The quantitative estimate of drug-likeness (QED) is 0.831. The third-order valence-electron chi connectivity index (χ3n) is 4.76. The van der Waals surface area contributed by atoms with E-state index in [0.717, 1.165) is 5.56 Å². The predicted molar refractivity (Wildman–Crippen MR) is 87.8 cm³/mol. The maximum absolute atomic E-state index is 12.7. The van der Waals surface area contributed by atoms with E-state index in [9.17, 15) is 9.90 Å². The lowest BCUT2D eigenvalue weighted by atomic mass is 10.0. The Morgan fingerprint density at radius 3 is 2.10 bits per heavy atom. The Morgan fingerprint density at radius 2 is 1.70 bits per heavy atom. The molecule has 0 aliphatic carbocycles. The highest BCUT2D eigenvalue weighted by Gasteiger charge is 2.47. The third-order valence-corrected chi connectivity index (χ3v) is 11.0. The fraction of sp³-hybridized carbons (Fsp3) is 0.588. The molecule has 1 rings (SSSR count). The van der Waals surface area contributed by atoms with Crippen LogP contribution < -0.4 is 0 Å². The Kier molecular flexibility index (Phi) is 5.33. The van der Waals surface area contributed by atoms with E-state index in [4.69, 9.17) is 0 Å². The molecule has 0 saturated heterocycles. The second-order valence-corrected chi connectivity index (χ2v) is 12.9. The first-order chi connectivity index (χ1) is 9.07. The minimum absolute atomic E-state index is 0.0843. The van der Waals surface area contributed by atoms with Crippen molar-refractivity contribution >= 4 is 13.9 Å². The number of rotatable bonds is 5. The molecule has 20 heavy (non-hydrogen) atoms. The van der Waals surface area contributed by atoms with Crippen LogP contribution in [0.3, 0.4) is 0 Å². The first kappa shape index (κ1) is 17.1. The summed E-state index contributed by atoms with van der Waals surface area (Å²) in [6, 6.07) is 9.80. The van der Waals surface area contributed by atoms with Crippen LogP contribution >= 0.6 is 0 Å². The fourth-order valence-corrected chi connectivity index (χ4v) is 5.69. The van der Waals surface area contributed by atoms with Crippen molar-refractivity contribution in [1.82, 2.24) is 0 Å². The molecule has 0 spiro atoms. The molecule has 112 valence electrons. The summed E-state index contributed by atoms with van der Waals surface area (Å²) in [6.07, 6.45) is -0.157. The Hall–Kier alpha value is -0.933. The highest BCUT2D eigenvalue weighted by atomic mass is 28.3. The van der Waals surface area contributed by atoms with Crippen molar-refractivity contribution in [3.63, 3.8) is 0 Å². The molecule has 0 radical (unpaired) electrons. The minimum Gasteiger partial charge on any atom is -0.393 e. The Labute approximate surface area is 124 Å². The summed E-state index contributed by atoms with van der Waals surface area (Å²) in [5.41, 5.74) is 0.810. The number of carbonyl (C=O) groups is 1. The van der Waals surface area contributed by atoms with Crippen molar-refractivity contribution in [2.24, 2.45) is 0 Å². The summed E-state index contributed by atoms with van der Waals surface area (Å²) in [6.45, 7) is 12.7. The number of carbonyl (C=O) groups excluding carboxylic acids is 1. The highest BCUT2D eigenvalue weighted by Crippen LogP contribution is 2.45. The van der Waals surface area contributed by atoms with Crippen molar-refractivity contribution in [2.45, 2.75) is 63.9 Å². The molecule has 2 nitrogen and oxygen atoms in total. The van der Waals surface area contributed by atoms with Crippen LogP contribution in [0, 0.1) is 0 Å². The molecule has 0 heterocycles. The number of ketones is 1. The lowest BCUT2D eigenvalue weighted by Gasteiger charge is -2.43. The van der Waals surface area contributed by atoms with Gasteiger partial charge in [-0.3, -0.25) is 4.79 Å². The number of benzene rings is 1. The van der Waals surface area contributed by atoms with Crippen LogP contribution in [-0.2, 0) is 11.2 Å². The summed E-state index contributed by atoms with van der Waals surface area (Å²) in [5.74, 6) is 0.179. The average Bonchev–Trinajstić information content (AvgIpc) is 2.27. The van der Waals surface area contributed by atoms with Crippen LogP contribution in [0.4, 0.5) is 0 Å². The van der Waals surface area contributed by atoms with Gasteiger partial charge in [0.15, 0.2) is 0 Å². The SMILES string of the molecule is C[C@@H](O)[C@H](C(=O)Cc1ccccc1)[Si](C)(C)C(C)(C)C. The lowest BCUT2D eigenvalue weighted by Crippen LogP contribution is -2.49. The van der Waals surface area contributed by atoms with Crippen LogP contribution in [0.25, 0.3) is 0 Å². The Morgan fingerprint density at radius 1 is 1.20 bits per heavy atom. The largest absolute Gasteiger partial charge is 0.393 e. The van der Waals surface area contributed by atoms with E-state index in [1.54, 1.807) is 6.92 Å². The number of aliphatic hydroxyl groups is 1. The maximum atomic E-state index is 12.7. The second-order valence-electron chi connectivity index (χ2n) is 7.32. The molecule has 0 amide bonds. The van der Waals surface area contributed by atoms with Gasteiger partial charge in [0, 0.05) is 12.0 Å². The van der Waals surface area contributed by atoms with Gasteiger partial charge in [-0.2, -0.15) is 0 Å². The third kappa shape index (κ3) is 3.80. The van der Waals surface area contributed by atoms with Gasteiger partial charge in [-0.25, -0.2) is 0 Å². The molecule has 1 aromatic carbocycles. The molecular weight excluding hydrogens is 264 g/mol. The van der Waals surface area contributed by atoms with Crippen LogP contribution in [0.2, 0.25) is 23.7 Å². The van der Waals surface area contributed by atoms with Gasteiger partial charge in [0.25, 0.3) is 0 Å². The molecule has 0 bridgehead atoms. The molecule has 0 fully saturated rings. The number of Topliss-reactive ketones (excluding diaryl/α,β-unsaturated/α-hetero) is 1. The average molecular weight is 292 g/mol. The first-order valence-electron chi connectivity index (χ1n) is 7.32. The molecule has 0 unspecified atom stereocenters. The maximum Gasteiger partial charge on any atom is 0.140 e. The van der Waals surface area contributed by atoms with E-state index in [1.165, 1.54) is 0 Å². The van der Waals surface area contributed by atoms with Crippen LogP contribution in [0.15, 0.2) is 30.3 Å². The molecule has 0 aromatic heterocycles. The van der Waals surface area contributed by atoms with Gasteiger partial charge in [0.1, 0.15) is 5.78 Å². The van der Waals surface area contributed by atoms with Gasteiger partial charge in [-0.15, -0.1) is 0 Å². The van der Waals surface area contributed by atoms with Crippen molar-refractivity contribution in [2.75, 3.05) is 0 Å². The summed E-state index contributed by atoms with van der Waals surface area (Å²) < 4.78 is 0. The van der Waals surface area contributed by atoms with E-state index in [2.05, 4.69) is 33.9 Å². The van der Waals surface area contributed by atoms with Gasteiger partial charge in [-0.1, -0.05) is 64.2 Å². The topological polar surface area (TPSA) is 37.3 Å². The Bertz CT molecular complexity index is 444. The van der Waals surface area contributed by atoms with Crippen LogP contribution in [-0.4, -0.2) is 25.1 Å². The molecule has 0 aliphatic heterocycles. The molecular formula is C17H28O2Si. The predicted octanol–water partition coefficient (Wildman–Crippen LogP) is 4.06. The highest BCUT2D eigenvalue weighted by molar-refractivity contribution is 6.84. The van der Waals surface area contributed by atoms with Crippen LogP contribution in [0.5, 0.6) is 0 Å². The number of hydrogen-bond donors (Lipinski definition) is 1. The molecule has 0 aliphatic rings. The summed E-state index contributed by atoms with van der Waals surface area (Å²) in [7, 11) is -1.91. The summed E-state index contributed by atoms with van der Waals surface area (Å²) >= 11 is 0. The molecule has 2 atom stereocenters. The molecule has 0 saturated carbocycles. The van der Waals surface area contributed by atoms with E-state index in [0.29, 0.717) is 6.42 Å². The first-order valence-corrected chi connectivity index (χ1v) is 10.4. The van der Waals surface area contributed by atoms with E-state index >= 15 is 0 Å². The second kappa shape index (κ2) is 6.23. The molecule has 3 heteroatoms. The summed E-state index contributed by atoms with van der Waals surface area (Å²) in [5, 5.41) is 10.3. The fourth-order valence-electron chi connectivity index (χ4n) is 2.65. The van der Waals surface area contributed by atoms with Crippen molar-refractivity contribution in [1.29, 1.82) is 0 Å². The van der Waals surface area contributed by atoms with Gasteiger partial charge >= 0.3 is 0 Å². The van der Waals surface area contributed by atoms with Crippen molar-refractivity contribution in [3.8, 4) is 0 Å². The zero-order valence-electron chi connectivity index (χ0n) is 13.6. The zero-order valence-corrected chi connectivity index (χ0v) is 14.6. The molecule has 1 aromatic rings. The zero-order chi connectivity index (χ0) is 15.6. The van der Waals surface area contributed by atoms with E-state index in [1.807, 2.05) is 30.3 Å². The number of hydrogen-bond acceptors (Lipinski definition) is 2. The van der Waals surface area contributed by atoms with Gasteiger partial charge in [-0.05, 0) is 17.5 Å². The standard InChI is InChI=1S/C17H28O2Si/c1-13(18)16(20(5,6)17(2,3)4)15(19)12-14-10-8-7-9-11-14/h7-11,13,16,18H,12H2,1-6H3/t13-,16-/m1/s1. The lowest BCUT2D eigenvalue weighted by molar-refractivity contribution is -0.120. The van der Waals surface area contributed by atoms with Crippen molar-refractivity contribution in [3.05, 3.63) is 35.9 Å². The Balaban J connectivity index is 3.01.